The maximum absolute atomic E-state index is 14.2. The average molecular weight is 575 g/mol. The molecule has 41 heavy (non-hydrogen) atoms. The predicted octanol–water partition coefficient (Wildman–Crippen LogP) is 8.87. The fourth-order valence-electron chi connectivity index (χ4n) is 3.66. The number of rotatable bonds is 3. The van der Waals surface area contributed by atoms with Gasteiger partial charge in [-0.05, 0) is 80.5 Å². The summed E-state index contributed by atoms with van der Waals surface area (Å²) in [4.78, 5) is 0. The first kappa shape index (κ1) is 31.4. The van der Waals surface area contributed by atoms with Crippen LogP contribution in [0.5, 0.6) is 0 Å². The Labute approximate surface area is 241 Å². The largest absolute Gasteiger partial charge is 0.243 e. The molecule has 1 atom stereocenters. The molecule has 0 aliphatic heterocycles. The molecule has 208 valence electrons. The highest BCUT2D eigenvalue weighted by Gasteiger charge is 2.19. The number of halogens is 5. The summed E-state index contributed by atoms with van der Waals surface area (Å²) in [6.45, 7) is 7.33. The summed E-state index contributed by atoms with van der Waals surface area (Å²) in [5, 5.41) is 0.561. The van der Waals surface area contributed by atoms with Crippen molar-refractivity contribution < 1.29 is 22.0 Å². The monoisotopic (exact) mass is 574 g/mol. The smallest absolute Gasteiger partial charge is 0.195 e. The third-order valence-electron chi connectivity index (χ3n) is 6.53. The molecule has 1 unspecified atom stereocenters. The topological polar surface area (TPSA) is 0 Å². The van der Waals surface area contributed by atoms with Crippen LogP contribution in [0.4, 0.5) is 22.0 Å². The highest BCUT2D eigenvalue weighted by molar-refractivity contribution is 7.23. The predicted molar refractivity (Wildman–Crippen MR) is 159 cm³/mol. The molecule has 0 spiro atoms. The molecule has 0 radical (unpaired) electrons. The lowest BCUT2D eigenvalue weighted by molar-refractivity contribution is 0.439. The van der Waals surface area contributed by atoms with Gasteiger partial charge in [-0.25, -0.2) is 22.0 Å². The van der Waals surface area contributed by atoms with Crippen LogP contribution in [0.3, 0.4) is 0 Å². The quantitative estimate of drug-likeness (QED) is 0.0964. The number of hydrogen-bond donors (Lipinski definition) is 0. The molecule has 0 N–H and O–H groups in total. The first-order chi connectivity index (χ1) is 19.4. The molecule has 3 aromatic rings. The van der Waals surface area contributed by atoms with E-state index in [4.69, 9.17) is 0 Å². The van der Waals surface area contributed by atoms with Gasteiger partial charge in [0.1, 0.15) is 12.5 Å². The summed E-state index contributed by atoms with van der Waals surface area (Å²) >= 11 is 0. The van der Waals surface area contributed by atoms with Gasteiger partial charge in [-0.1, -0.05) is 54.9 Å². The van der Waals surface area contributed by atoms with Crippen LogP contribution in [0, 0.1) is 72.7 Å². The fourth-order valence-corrected chi connectivity index (χ4v) is 4.22. The SMILES string of the molecule is C/C(=C(P)/C(C#Cc1ccc(C#Cc2ccc(C#Cc3c(C)c(F)c(F)c(F)c3C)cc2)cc1)=C(/F)CF)C(C)C. The molecule has 0 amide bonds. The van der Waals surface area contributed by atoms with Gasteiger partial charge in [0, 0.05) is 38.9 Å². The van der Waals surface area contributed by atoms with Gasteiger partial charge in [0.2, 0.25) is 0 Å². The van der Waals surface area contributed by atoms with Crippen molar-refractivity contribution in [3.05, 3.63) is 127 Å². The second-order valence-corrected chi connectivity index (χ2v) is 10.2. The number of benzene rings is 3. The van der Waals surface area contributed by atoms with Gasteiger partial charge in [0.05, 0.1) is 5.57 Å². The third-order valence-corrected chi connectivity index (χ3v) is 7.27. The second-order valence-electron chi connectivity index (χ2n) is 9.64. The molecule has 0 saturated heterocycles. The van der Waals surface area contributed by atoms with Crippen LogP contribution in [-0.2, 0) is 0 Å². The molecule has 0 aliphatic rings. The van der Waals surface area contributed by atoms with Gasteiger partial charge in [-0.2, -0.15) is 0 Å². The first-order valence-electron chi connectivity index (χ1n) is 12.8. The number of alkyl halides is 1. The van der Waals surface area contributed by atoms with Gasteiger partial charge >= 0.3 is 0 Å². The van der Waals surface area contributed by atoms with Crippen LogP contribution in [0.2, 0.25) is 0 Å². The van der Waals surface area contributed by atoms with Crippen molar-refractivity contribution in [1.29, 1.82) is 0 Å². The van der Waals surface area contributed by atoms with Crippen LogP contribution in [-0.4, -0.2) is 6.67 Å². The summed E-state index contributed by atoms with van der Waals surface area (Å²) in [5.74, 6) is 12.7. The molecule has 3 aromatic carbocycles. The Morgan fingerprint density at radius 3 is 1.49 bits per heavy atom. The van der Waals surface area contributed by atoms with Crippen LogP contribution in [0.25, 0.3) is 0 Å². The Balaban J connectivity index is 1.77. The van der Waals surface area contributed by atoms with E-state index >= 15 is 0 Å². The van der Waals surface area contributed by atoms with E-state index in [1.54, 1.807) is 48.5 Å². The van der Waals surface area contributed by atoms with E-state index in [0.29, 0.717) is 16.4 Å². The van der Waals surface area contributed by atoms with E-state index in [-0.39, 0.29) is 28.2 Å². The Kier molecular flexibility index (Phi) is 10.7. The van der Waals surface area contributed by atoms with Crippen molar-refractivity contribution in [1.82, 2.24) is 0 Å². The Hall–Kier alpha value is -4.10. The van der Waals surface area contributed by atoms with Gasteiger partial charge in [-0.3, -0.25) is 0 Å². The first-order valence-corrected chi connectivity index (χ1v) is 13.3. The second kappa shape index (κ2) is 14.0. The van der Waals surface area contributed by atoms with Crippen LogP contribution in [0.1, 0.15) is 59.7 Å². The summed E-state index contributed by atoms with van der Waals surface area (Å²) < 4.78 is 68.7. The van der Waals surface area contributed by atoms with Crippen LogP contribution < -0.4 is 0 Å². The molecule has 3 rings (SSSR count). The Bertz CT molecular complexity index is 1680. The maximum atomic E-state index is 14.2. The third kappa shape index (κ3) is 7.76. The van der Waals surface area contributed by atoms with Crippen LogP contribution >= 0.6 is 9.24 Å². The standard InChI is InChI=1S/C35H28F5P/c1-21(2)22(3)35(41)30(31(37)20-36)19-17-28-14-10-26(11-15-28)7-6-25-8-12-27(13-9-25)16-18-29-23(4)32(38)34(40)33(39)24(29)5/h8-15,21H,20,41H2,1-5H3/b31-30+,35-22+. The molecular formula is C35H28F5P. The molecule has 0 fully saturated rings. The number of allylic oxidation sites excluding steroid dienone is 4. The van der Waals surface area contributed by atoms with Crippen molar-refractivity contribution in [2.45, 2.75) is 34.6 Å². The lowest BCUT2D eigenvalue weighted by Gasteiger charge is -2.11. The molecule has 0 aliphatic carbocycles. The van der Waals surface area contributed by atoms with Crippen molar-refractivity contribution in [3.63, 3.8) is 0 Å². The minimum absolute atomic E-state index is 0.0376. The fraction of sp³-hybridized carbons (Fsp3) is 0.200. The van der Waals surface area contributed by atoms with E-state index in [1.165, 1.54) is 13.8 Å². The summed E-state index contributed by atoms with van der Waals surface area (Å²) in [5.41, 5.74) is 3.70. The van der Waals surface area contributed by atoms with E-state index in [0.717, 1.165) is 16.7 Å². The maximum Gasteiger partial charge on any atom is 0.195 e. The molecule has 0 aromatic heterocycles. The van der Waals surface area contributed by atoms with Gasteiger partial charge in [0.25, 0.3) is 0 Å². The zero-order chi connectivity index (χ0) is 30.3. The zero-order valence-electron chi connectivity index (χ0n) is 23.4. The Morgan fingerprint density at radius 1 is 0.707 bits per heavy atom. The number of hydrogen-bond acceptors (Lipinski definition) is 0. The average Bonchev–Trinajstić information content (AvgIpc) is 2.98. The molecule has 0 saturated carbocycles. The van der Waals surface area contributed by atoms with Crippen LogP contribution in [0.15, 0.2) is 70.8 Å². The molecule has 0 bridgehead atoms. The normalized spacial score (nSPS) is 11.8. The molecular weight excluding hydrogens is 546 g/mol. The van der Waals surface area contributed by atoms with E-state index in [9.17, 15) is 22.0 Å². The molecule has 6 heteroatoms. The van der Waals surface area contributed by atoms with Crippen molar-refractivity contribution >= 4 is 9.24 Å². The van der Waals surface area contributed by atoms with Gasteiger partial charge in [0.15, 0.2) is 17.5 Å². The van der Waals surface area contributed by atoms with Crippen molar-refractivity contribution in [2.75, 3.05) is 6.67 Å². The highest BCUT2D eigenvalue weighted by Crippen LogP contribution is 2.29. The highest BCUT2D eigenvalue weighted by atomic mass is 31.0. The summed E-state index contributed by atoms with van der Waals surface area (Å²) in [6, 6.07) is 14.1. The molecule has 0 nitrogen and oxygen atoms in total. The lowest BCUT2D eigenvalue weighted by Crippen LogP contribution is -2.02. The van der Waals surface area contributed by atoms with E-state index < -0.39 is 30.0 Å². The molecule has 0 heterocycles. The Morgan fingerprint density at radius 2 is 1.10 bits per heavy atom. The minimum atomic E-state index is -1.50. The minimum Gasteiger partial charge on any atom is -0.243 e. The lowest BCUT2D eigenvalue weighted by atomic mass is 10.0. The van der Waals surface area contributed by atoms with Gasteiger partial charge < -0.3 is 0 Å². The summed E-state index contributed by atoms with van der Waals surface area (Å²) in [7, 11) is 2.47. The van der Waals surface area contributed by atoms with Crippen molar-refractivity contribution in [2.24, 2.45) is 5.92 Å². The summed E-state index contributed by atoms with van der Waals surface area (Å²) in [6.07, 6.45) is 0. The zero-order valence-corrected chi connectivity index (χ0v) is 24.5. The van der Waals surface area contributed by atoms with Gasteiger partial charge in [-0.15, -0.1) is 9.24 Å². The van der Waals surface area contributed by atoms with Crippen molar-refractivity contribution in [3.8, 4) is 35.5 Å². The van der Waals surface area contributed by atoms with E-state index in [1.807, 2.05) is 20.8 Å². The van der Waals surface area contributed by atoms with E-state index in [2.05, 4.69) is 44.8 Å².